The summed E-state index contributed by atoms with van der Waals surface area (Å²) in [6.07, 6.45) is 4.92. The van der Waals surface area contributed by atoms with Gasteiger partial charge in [-0.25, -0.2) is 4.99 Å². The monoisotopic (exact) mass is 343 g/mol. The van der Waals surface area contributed by atoms with Gasteiger partial charge in [0.1, 0.15) is 0 Å². The Morgan fingerprint density at radius 2 is 2.16 bits per heavy atom. The molecule has 0 unspecified atom stereocenters. The number of guanidine groups is 1. The molecule has 0 saturated heterocycles. The Bertz CT molecular complexity index is 726. The summed E-state index contributed by atoms with van der Waals surface area (Å²) in [5, 5.41) is 10.9. The van der Waals surface area contributed by atoms with E-state index in [0.717, 1.165) is 49.1 Å². The molecule has 0 bridgehead atoms. The molecular formula is C18H25N5O2. The van der Waals surface area contributed by atoms with E-state index in [1.807, 2.05) is 36.0 Å². The van der Waals surface area contributed by atoms with Crippen molar-refractivity contribution in [2.75, 3.05) is 19.9 Å². The lowest BCUT2D eigenvalue weighted by molar-refractivity contribution is 0.174. The molecule has 0 radical (unpaired) electrons. The maximum atomic E-state index is 5.41. The van der Waals surface area contributed by atoms with Crippen molar-refractivity contribution in [3.8, 4) is 11.5 Å². The minimum absolute atomic E-state index is 0.294. The molecule has 2 N–H and O–H groups in total. The number of benzene rings is 1. The summed E-state index contributed by atoms with van der Waals surface area (Å²) in [6.45, 7) is 7.55. The molecule has 1 aliphatic rings. The zero-order valence-electron chi connectivity index (χ0n) is 14.8. The van der Waals surface area contributed by atoms with Crippen molar-refractivity contribution >= 4 is 5.96 Å². The quantitative estimate of drug-likeness (QED) is 0.457. The van der Waals surface area contributed by atoms with Gasteiger partial charge in [0, 0.05) is 25.8 Å². The van der Waals surface area contributed by atoms with Crippen molar-refractivity contribution in [3.05, 3.63) is 41.7 Å². The Balaban J connectivity index is 1.48. The number of rotatable bonds is 7. The topological polar surface area (TPSA) is 72.7 Å². The molecule has 0 spiro atoms. The molecule has 7 heteroatoms. The highest BCUT2D eigenvalue weighted by Gasteiger charge is 2.12. The van der Waals surface area contributed by atoms with Gasteiger partial charge in [-0.15, -0.1) is 0 Å². The Morgan fingerprint density at radius 1 is 1.28 bits per heavy atom. The molecule has 1 aliphatic heterocycles. The maximum Gasteiger partial charge on any atom is 0.231 e. The Hall–Kier alpha value is -2.70. The van der Waals surface area contributed by atoms with Crippen molar-refractivity contribution in [1.82, 2.24) is 20.4 Å². The summed E-state index contributed by atoms with van der Waals surface area (Å²) in [5.41, 5.74) is 2.28. The zero-order chi connectivity index (χ0) is 17.5. The number of aryl methyl sites for hydroxylation is 2. The molecule has 0 atom stereocenters. The number of nitrogens with zero attached hydrogens (tertiary/aromatic N) is 3. The van der Waals surface area contributed by atoms with Crippen LogP contribution in [0.2, 0.25) is 0 Å². The van der Waals surface area contributed by atoms with Gasteiger partial charge in [0.25, 0.3) is 0 Å². The van der Waals surface area contributed by atoms with E-state index in [4.69, 9.17) is 9.47 Å². The predicted molar refractivity (Wildman–Crippen MR) is 97.0 cm³/mol. The minimum Gasteiger partial charge on any atom is -0.454 e. The first kappa shape index (κ1) is 17.1. The van der Waals surface area contributed by atoms with Gasteiger partial charge < -0.3 is 20.1 Å². The molecule has 7 nitrogen and oxygen atoms in total. The fourth-order valence-corrected chi connectivity index (χ4v) is 2.59. The van der Waals surface area contributed by atoms with E-state index in [-0.39, 0.29) is 0 Å². The third-order valence-electron chi connectivity index (χ3n) is 3.82. The van der Waals surface area contributed by atoms with Gasteiger partial charge in [-0.05, 0) is 43.5 Å². The standard InChI is InChI=1S/C18H25N5O2/c1-3-19-18(20-7-4-8-23-12-14(2)10-22-23)21-11-15-5-6-16-17(9-15)25-13-24-16/h5-6,9-10,12H,3-4,7-8,11,13H2,1-2H3,(H2,19,20,21). The smallest absolute Gasteiger partial charge is 0.231 e. The van der Waals surface area contributed by atoms with Crippen LogP contribution in [0.4, 0.5) is 0 Å². The first-order valence-corrected chi connectivity index (χ1v) is 8.64. The SMILES string of the molecule is CCNC(=NCc1ccc2c(c1)OCO2)NCCCn1cc(C)cn1. The molecule has 134 valence electrons. The predicted octanol–water partition coefficient (Wildman–Crippen LogP) is 2.07. The van der Waals surface area contributed by atoms with E-state index in [2.05, 4.69) is 33.8 Å². The lowest BCUT2D eigenvalue weighted by Gasteiger charge is -2.11. The van der Waals surface area contributed by atoms with Crippen LogP contribution < -0.4 is 20.1 Å². The van der Waals surface area contributed by atoms with Crippen LogP contribution in [0.15, 0.2) is 35.6 Å². The van der Waals surface area contributed by atoms with Gasteiger partial charge in [0.05, 0.1) is 12.7 Å². The van der Waals surface area contributed by atoms with Crippen LogP contribution in [0.3, 0.4) is 0 Å². The number of hydrogen-bond donors (Lipinski definition) is 2. The van der Waals surface area contributed by atoms with Gasteiger partial charge in [0.15, 0.2) is 17.5 Å². The Labute approximate surface area is 148 Å². The van der Waals surface area contributed by atoms with Crippen LogP contribution in [0.25, 0.3) is 0 Å². The highest BCUT2D eigenvalue weighted by atomic mass is 16.7. The van der Waals surface area contributed by atoms with Crippen LogP contribution >= 0.6 is 0 Å². The summed E-state index contributed by atoms with van der Waals surface area (Å²) >= 11 is 0. The molecule has 1 aromatic carbocycles. The van der Waals surface area contributed by atoms with Crippen molar-refractivity contribution in [2.45, 2.75) is 33.4 Å². The van der Waals surface area contributed by atoms with Crippen LogP contribution in [-0.4, -0.2) is 35.6 Å². The summed E-state index contributed by atoms with van der Waals surface area (Å²) in [7, 11) is 0. The van der Waals surface area contributed by atoms with Crippen LogP contribution in [0, 0.1) is 6.92 Å². The number of ether oxygens (including phenoxy) is 2. The van der Waals surface area contributed by atoms with Gasteiger partial charge in [-0.3, -0.25) is 4.68 Å². The van der Waals surface area contributed by atoms with Crippen molar-refractivity contribution in [2.24, 2.45) is 4.99 Å². The minimum atomic E-state index is 0.294. The average molecular weight is 343 g/mol. The maximum absolute atomic E-state index is 5.41. The molecule has 25 heavy (non-hydrogen) atoms. The van der Waals surface area contributed by atoms with Crippen LogP contribution in [0.1, 0.15) is 24.5 Å². The summed E-state index contributed by atoms with van der Waals surface area (Å²) in [6, 6.07) is 5.93. The van der Waals surface area contributed by atoms with Gasteiger partial charge in [-0.2, -0.15) is 5.10 Å². The number of nitrogens with one attached hydrogen (secondary N) is 2. The van der Waals surface area contributed by atoms with Crippen LogP contribution in [-0.2, 0) is 13.1 Å². The average Bonchev–Trinajstić information content (AvgIpc) is 3.24. The molecule has 0 aliphatic carbocycles. The molecule has 2 heterocycles. The molecule has 3 rings (SSSR count). The van der Waals surface area contributed by atoms with E-state index in [0.29, 0.717) is 13.3 Å². The van der Waals surface area contributed by atoms with E-state index >= 15 is 0 Å². The van der Waals surface area contributed by atoms with Crippen molar-refractivity contribution in [3.63, 3.8) is 0 Å². The largest absolute Gasteiger partial charge is 0.454 e. The van der Waals surface area contributed by atoms with E-state index < -0.39 is 0 Å². The normalized spacial score (nSPS) is 13.1. The Morgan fingerprint density at radius 3 is 2.96 bits per heavy atom. The van der Waals surface area contributed by atoms with Gasteiger partial charge in [0.2, 0.25) is 6.79 Å². The fourth-order valence-electron chi connectivity index (χ4n) is 2.59. The molecule has 1 aromatic heterocycles. The third-order valence-corrected chi connectivity index (χ3v) is 3.82. The highest BCUT2D eigenvalue weighted by Crippen LogP contribution is 2.32. The zero-order valence-corrected chi connectivity index (χ0v) is 14.8. The first-order valence-electron chi connectivity index (χ1n) is 8.64. The molecule has 0 amide bonds. The van der Waals surface area contributed by atoms with E-state index in [9.17, 15) is 0 Å². The second-order valence-electron chi connectivity index (χ2n) is 5.94. The fraction of sp³-hybridized carbons (Fsp3) is 0.444. The van der Waals surface area contributed by atoms with E-state index in [1.165, 1.54) is 5.56 Å². The lowest BCUT2D eigenvalue weighted by Crippen LogP contribution is -2.38. The summed E-state index contributed by atoms with van der Waals surface area (Å²) < 4.78 is 12.7. The number of aromatic nitrogens is 2. The van der Waals surface area contributed by atoms with Crippen molar-refractivity contribution < 1.29 is 9.47 Å². The second-order valence-corrected chi connectivity index (χ2v) is 5.94. The number of aliphatic imine (C=N–C) groups is 1. The molecule has 2 aromatic rings. The lowest BCUT2D eigenvalue weighted by atomic mass is 10.2. The number of hydrogen-bond acceptors (Lipinski definition) is 4. The summed E-state index contributed by atoms with van der Waals surface area (Å²) in [5.74, 6) is 2.41. The van der Waals surface area contributed by atoms with Gasteiger partial charge >= 0.3 is 0 Å². The van der Waals surface area contributed by atoms with Crippen LogP contribution in [0.5, 0.6) is 11.5 Å². The highest BCUT2D eigenvalue weighted by molar-refractivity contribution is 5.79. The third kappa shape index (κ3) is 4.89. The van der Waals surface area contributed by atoms with Crippen molar-refractivity contribution in [1.29, 1.82) is 0 Å². The molecule has 0 saturated carbocycles. The first-order chi connectivity index (χ1) is 12.2. The van der Waals surface area contributed by atoms with E-state index in [1.54, 1.807) is 0 Å². The number of fused-ring (bicyclic) bond motifs is 1. The Kier molecular flexibility index (Phi) is 5.77. The van der Waals surface area contributed by atoms with Gasteiger partial charge in [-0.1, -0.05) is 6.07 Å². The molecule has 0 fully saturated rings. The summed E-state index contributed by atoms with van der Waals surface area (Å²) in [4.78, 5) is 4.63. The second kappa shape index (κ2) is 8.41. The molecular weight excluding hydrogens is 318 g/mol.